The van der Waals surface area contributed by atoms with Crippen molar-refractivity contribution in [1.82, 2.24) is 4.90 Å². The topological polar surface area (TPSA) is 38.8 Å². The van der Waals surface area contributed by atoms with Crippen molar-refractivity contribution in [3.05, 3.63) is 66.2 Å². The Morgan fingerprint density at radius 3 is 2.13 bits per heavy atom. The first-order chi connectivity index (χ1) is 10.7. The van der Waals surface area contributed by atoms with Crippen LogP contribution in [-0.2, 0) is 9.53 Å². The molecule has 2 aromatic carbocycles. The zero-order chi connectivity index (χ0) is 15.8. The highest BCUT2D eigenvalue weighted by atomic mass is 35.5. The summed E-state index contributed by atoms with van der Waals surface area (Å²) in [6.07, 6.45) is 0. The van der Waals surface area contributed by atoms with E-state index in [4.69, 9.17) is 9.47 Å². The van der Waals surface area contributed by atoms with Gasteiger partial charge in [-0.3, -0.25) is 4.90 Å². The van der Waals surface area contributed by atoms with Crippen molar-refractivity contribution >= 4 is 18.4 Å². The molecule has 0 bridgehead atoms. The van der Waals surface area contributed by atoms with Gasteiger partial charge in [0.15, 0.2) is 6.61 Å². The Bertz CT molecular complexity index is 575. The van der Waals surface area contributed by atoms with Gasteiger partial charge in [-0.25, -0.2) is 4.79 Å². The summed E-state index contributed by atoms with van der Waals surface area (Å²) in [5, 5.41) is 0. The quantitative estimate of drug-likeness (QED) is 0.727. The van der Waals surface area contributed by atoms with E-state index >= 15 is 0 Å². The normalized spacial score (nSPS) is 11.4. The molecule has 0 aliphatic rings. The number of halogens is 1. The fourth-order valence-corrected chi connectivity index (χ4v) is 2.09. The van der Waals surface area contributed by atoms with Crippen LogP contribution in [0.4, 0.5) is 0 Å². The van der Waals surface area contributed by atoms with Crippen molar-refractivity contribution in [2.75, 3.05) is 27.3 Å². The molecule has 124 valence electrons. The van der Waals surface area contributed by atoms with Crippen LogP contribution in [0.3, 0.4) is 0 Å². The third-order valence-corrected chi connectivity index (χ3v) is 3.31. The average molecular weight is 336 g/mol. The highest BCUT2D eigenvalue weighted by Crippen LogP contribution is 2.18. The first kappa shape index (κ1) is 19.0. The highest BCUT2D eigenvalue weighted by Gasteiger charge is 2.16. The number of nitrogens with zero attached hydrogens (tertiary/aromatic N) is 1. The van der Waals surface area contributed by atoms with Gasteiger partial charge in [0.2, 0.25) is 0 Å². The molecule has 0 saturated carbocycles. The van der Waals surface area contributed by atoms with Crippen molar-refractivity contribution < 1.29 is 14.3 Å². The van der Waals surface area contributed by atoms with E-state index in [1.807, 2.05) is 67.5 Å². The van der Waals surface area contributed by atoms with E-state index in [1.165, 1.54) is 0 Å². The summed E-state index contributed by atoms with van der Waals surface area (Å²) in [6, 6.07) is 19.2. The molecule has 1 atom stereocenters. The van der Waals surface area contributed by atoms with Crippen molar-refractivity contribution in [2.45, 2.75) is 6.04 Å². The number of rotatable bonds is 7. The maximum atomic E-state index is 11.8. The van der Waals surface area contributed by atoms with Gasteiger partial charge in [0.05, 0.1) is 6.04 Å². The second kappa shape index (κ2) is 9.87. The van der Waals surface area contributed by atoms with Crippen molar-refractivity contribution in [3.63, 3.8) is 0 Å². The Hall–Kier alpha value is -2.04. The predicted molar refractivity (Wildman–Crippen MR) is 93.0 cm³/mol. The monoisotopic (exact) mass is 335 g/mol. The summed E-state index contributed by atoms with van der Waals surface area (Å²) in [5.74, 6) is 0.290. The van der Waals surface area contributed by atoms with Gasteiger partial charge >= 0.3 is 5.97 Å². The number of ether oxygens (including phenoxy) is 2. The van der Waals surface area contributed by atoms with Crippen LogP contribution in [0.15, 0.2) is 60.7 Å². The number of carbonyl (C=O) groups excluding carboxylic acids is 1. The fraction of sp³-hybridized carbons (Fsp3) is 0.278. The minimum atomic E-state index is -0.369. The van der Waals surface area contributed by atoms with Crippen molar-refractivity contribution in [1.29, 1.82) is 0 Å². The zero-order valence-electron chi connectivity index (χ0n) is 13.3. The third kappa shape index (κ3) is 6.30. The smallest absolute Gasteiger partial charge is 0.344 e. The number of hydrogen-bond acceptors (Lipinski definition) is 4. The summed E-state index contributed by atoms with van der Waals surface area (Å²) >= 11 is 0. The van der Waals surface area contributed by atoms with Gasteiger partial charge in [-0.15, -0.1) is 12.4 Å². The summed E-state index contributed by atoms with van der Waals surface area (Å²) in [5.41, 5.74) is 1.12. The Morgan fingerprint density at radius 2 is 1.57 bits per heavy atom. The van der Waals surface area contributed by atoms with Crippen molar-refractivity contribution in [2.24, 2.45) is 0 Å². The summed E-state index contributed by atoms with van der Waals surface area (Å²) in [4.78, 5) is 13.8. The van der Waals surface area contributed by atoms with Crippen LogP contribution in [0.2, 0.25) is 0 Å². The largest absolute Gasteiger partial charge is 0.482 e. The molecule has 0 spiro atoms. The second-order valence-corrected chi connectivity index (χ2v) is 5.17. The fourth-order valence-electron chi connectivity index (χ4n) is 2.09. The zero-order valence-corrected chi connectivity index (χ0v) is 14.2. The van der Waals surface area contributed by atoms with E-state index in [2.05, 4.69) is 0 Å². The molecule has 0 fully saturated rings. The average Bonchev–Trinajstić information content (AvgIpc) is 2.55. The molecule has 0 saturated heterocycles. The lowest BCUT2D eigenvalue weighted by atomic mass is 10.1. The first-order valence-corrected chi connectivity index (χ1v) is 7.21. The highest BCUT2D eigenvalue weighted by molar-refractivity contribution is 5.85. The van der Waals surface area contributed by atoms with Crippen LogP contribution >= 0.6 is 12.4 Å². The molecule has 1 unspecified atom stereocenters. The Balaban J connectivity index is 0.00000264. The Kier molecular flexibility index (Phi) is 8.16. The number of likely N-dealkylation sites (N-methyl/N-ethyl adjacent to an activating group) is 1. The first-order valence-electron chi connectivity index (χ1n) is 7.21. The predicted octanol–water partition coefficient (Wildman–Crippen LogP) is 3.33. The van der Waals surface area contributed by atoms with Gasteiger partial charge in [0, 0.05) is 0 Å². The molecule has 0 aliphatic heterocycles. The van der Waals surface area contributed by atoms with Gasteiger partial charge in [-0.1, -0.05) is 48.5 Å². The van der Waals surface area contributed by atoms with Crippen LogP contribution in [0.1, 0.15) is 11.6 Å². The van der Waals surface area contributed by atoms with Gasteiger partial charge in [-0.05, 0) is 31.8 Å². The molecule has 4 nitrogen and oxygen atoms in total. The van der Waals surface area contributed by atoms with Crippen LogP contribution in [0.25, 0.3) is 0 Å². The lowest BCUT2D eigenvalue weighted by Crippen LogP contribution is -2.27. The summed E-state index contributed by atoms with van der Waals surface area (Å²) in [6.45, 7) is 0.215. The maximum absolute atomic E-state index is 11.8. The number of benzene rings is 2. The third-order valence-electron chi connectivity index (χ3n) is 3.31. The molecule has 23 heavy (non-hydrogen) atoms. The van der Waals surface area contributed by atoms with E-state index < -0.39 is 0 Å². The molecule has 0 aliphatic carbocycles. The number of carbonyl (C=O) groups is 1. The van der Waals surface area contributed by atoms with Gasteiger partial charge in [0.1, 0.15) is 12.4 Å². The van der Waals surface area contributed by atoms with E-state index in [1.54, 1.807) is 12.1 Å². The maximum Gasteiger partial charge on any atom is 0.344 e. The molecular formula is C18H22ClNO3. The lowest BCUT2D eigenvalue weighted by Gasteiger charge is -2.24. The Labute approximate surface area is 143 Å². The molecule has 0 aromatic heterocycles. The van der Waals surface area contributed by atoms with E-state index in [0.29, 0.717) is 12.4 Å². The van der Waals surface area contributed by atoms with E-state index in [-0.39, 0.29) is 31.0 Å². The van der Waals surface area contributed by atoms with E-state index in [0.717, 1.165) is 5.56 Å². The molecule has 0 amide bonds. The summed E-state index contributed by atoms with van der Waals surface area (Å²) < 4.78 is 10.7. The molecule has 0 heterocycles. The lowest BCUT2D eigenvalue weighted by molar-refractivity contribution is -0.147. The van der Waals surface area contributed by atoms with Crippen molar-refractivity contribution in [3.8, 4) is 5.75 Å². The number of hydrogen-bond donors (Lipinski definition) is 0. The molecule has 2 aromatic rings. The van der Waals surface area contributed by atoms with Gasteiger partial charge in [-0.2, -0.15) is 0 Å². The molecule has 0 radical (unpaired) electrons. The number of para-hydroxylation sites is 1. The van der Waals surface area contributed by atoms with Gasteiger partial charge < -0.3 is 9.47 Å². The summed E-state index contributed by atoms with van der Waals surface area (Å²) in [7, 11) is 3.93. The molecule has 2 rings (SSSR count). The van der Waals surface area contributed by atoms with E-state index in [9.17, 15) is 4.79 Å². The van der Waals surface area contributed by atoms with Crippen LogP contribution in [-0.4, -0.2) is 38.2 Å². The molecule has 5 heteroatoms. The van der Waals surface area contributed by atoms with Crippen LogP contribution < -0.4 is 4.74 Å². The van der Waals surface area contributed by atoms with Crippen LogP contribution in [0, 0.1) is 0 Å². The van der Waals surface area contributed by atoms with Crippen LogP contribution in [0.5, 0.6) is 5.75 Å². The minimum absolute atomic E-state index is 0. The van der Waals surface area contributed by atoms with Gasteiger partial charge in [0.25, 0.3) is 0 Å². The Morgan fingerprint density at radius 1 is 1.00 bits per heavy atom. The number of esters is 1. The standard InChI is InChI=1S/C18H21NO3.ClH/c1-19(2)17(15-9-5-3-6-10-15)13-22-18(20)14-21-16-11-7-4-8-12-16;/h3-12,17H,13-14H2,1-2H3;1H. The molecule has 0 N–H and O–H groups in total. The SMILES string of the molecule is CN(C)C(COC(=O)COc1ccccc1)c1ccccc1.Cl. The molecular weight excluding hydrogens is 314 g/mol. The second-order valence-electron chi connectivity index (χ2n) is 5.17. The minimum Gasteiger partial charge on any atom is -0.482 e.